The number of aromatic nitrogens is 1. The van der Waals surface area contributed by atoms with Gasteiger partial charge in [0, 0.05) is 16.6 Å². The Morgan fingerprint density at radius 3 is 2.90 bits per heavy atom. The number of carbonyl (C=O) groups excluding carboxylic acids is 1. The topological polar surface area (TPSA) is 107 Å². The van der Waals surface area contributed by atoms with Crippen molar-refractivity contribution in [2.75, 3.05) is 13.2 Å². The van der Waals surface area contributed by atoms with Crippen molar-refractivity contribution in [3.8, 4) is 0 Å². The molecule has 0 aliphatic carbocycles. The maximum atomic E-state index is 12.3. The summed E-state index contributed by atoms with van der Waals surface area (Å²) in [7, 11) is 0. The van der Waals surface area contributed by atoms with Crippen LogP contribution in [-0.2, 0) is 11.5 Å². The molecule has 7 nitrogen and oxygen atoms in total. The van der Waals surface area contributed by atoms with E-state index in [1.54, 1.807) is 16.7 Å². The lowest BCUT2D eigenvalue weighted by molar-refractivity contribution is 0.0500. The molecule has 0 atom stereocenters. The Labute approximate surface area is 124 Å². The number of nitrogens with two attached hydrogens (primary N) is 1. The number of benzene rings is 1. The molecule has 2 rings (SSSR count). The third-order valence-corrected chi connectivity index (χ3v) is 3.12. The van der Waals surface area contributed by atoms with Gasteiger partial charge in [-0.15, -0.1) is 0 Å². The van der Waals surface area contributed by atoms with E-state index in [9.17, 15) is 9.59 Å². The predicted molar refractivity (Wildman–Crippen MR) is 77.9 cm³/mol. The van der Waals surface area contributed by atoms with Crippen LogP contribution >= 0.6 is 11.6 Å². The maximum absolute atomic E-state index is 12.3. The molecule has 1 amide bonds. The van der Waals surface area contributed by atoms with Crippen molar-refractivity contribution in [2.45, 2.75) is 6.73 Å². The van der Waals surface area contributed by atoms with E-state index in [0.29, 0.717) is 10.5 Å². The zero-order chi connectivity index (χ0) is 15.4. The number of hydrogen-bond donors (Lipinski definition) is 3. The minimum atomic E-state index is -0.696. The molecule has 2 aromatic rings. The highest BCUT2D eigenvalue weighted by molar-refractivity contribution is 6.31. The van der Waals surface area contributed by atoms with E-state index in [2.05, 4.69) is 0 Å². The van der Waals surface area contributed by atoms with Gasteiger partial charge in [-0.2, -0.15) is 0 Å². The summed E-state index contributed by atoms with van der Waals surface area (Å²) in [5.74, 6) is 4.38. The molecule has 0 saturated heterocycles. The molecular weight excluding hydrogens is 298 g/mol. The van der Waals surface area contributed by atoms with Gasteiger partial charge in [0.05, 0.1) is 18.7 Å². The molecule has 0 unspecified atom stereocenters. The molecule has 21 heavy (non-hydrogen) atoms. The normalized spacial score (nSPS) is 10.8. The fourth-order valence-electron chi connectivity index (χ4n) is 1.94. The Hall–Kier alpha value is -1.93. The van der Waals surface area contributed by atoms with E-state index in [-0.39, 0.29) is 30.9 Å². The molecule has 1 heterocycles. The minimum absolute atomic E-state index is 0.0732. The highest BCUT2D eigenvalue weighted by atomic mass is 35.5. The number of nitrogen functional groups attached to an aromatic ring is 1. The first-order chi connectivity index (χ1) is 10.1. The summed E-state index contributed by atoms with van der Waals surface area (Å²) in [6.45, 7) is 0.0869. The summed E-state index contributed by atoms with van der Waals surface area (Å²) in [5, 5.41) is 9.41. The van der Waals surface area contributed by atoms with Crippen LogP contribution in [0.5, 0.6) is 0 Å². The van der Waals surface area contributed by atoms with E-state index < -0.39 is 11.3 Å². The van der Waals surface area contributed by atoms with Crippen LogP contribution in [0.25, 0.3) is 10.9 Å². The van der Waals surface area contributed by atoms with Gasteiger partial charge >= 0.3 is 0 Å². The number of carbonyl (C=O) groups is 1. The number of amides is 1. The van der Waals surface area contributed by atoms with Crippen molar-refractivity contribution < 1.29 is 14.6 Å². The van der Waals surface area contributed by atoms with Gasteiger partial charge in [0.25, 0.3) is 5.91 Å². The highest BCUT2D eigenvalue weighted by Gasteiger charge is 2.15. The molecular formula is C13H14ClN3O4. The largest absolute Gasteiger partial charge is 0.394 e. The summed E-state index contributed by atoms with van der Waals surface area (Å²) >= 11 is 5.90. The van der Waals surface area contributed by atoms with E-state index in [4.69, 9.17) is 27.3 Å². The van der Waals surface area contributed by atoms with E-state index in [1.165, 1.54) is 12.3 Å². The number of ether oxygens (including phenoxy) is 1. The summed E-state index contributed by atoms with van der Waals surface area (Å²) in [6, 6.07) is 4.77. The summed E-state index contributed by atoms with van der Waals surface area (Å²) in [5.41, 5.74) is 1.92. The van der Waals surface area contributed by atoms with E-state index in [0.717, 1.165) is 0 Å². The molecule has 4 N–H and O–H groups in total. The number of rotatable bonds is 5. The van der Waals surface area contributed by atoms with Crippen molar-refractivity contribution in [3.63, 3.8) is 0 Å². The van der Waals surface area contributed by atoms with Crippen LogP contribution in [0.2, 0.25) is 5.02 Å². The van der Waals surface area contributed by atoms with Gasteiger partial charge in [0.2, 0.25) is 5.43 Å². The van der Waals surface area contributed by atoms with Crippen LogP contribution in [0.3, 0.4) is 0 Å². The lowest BCUT2D eigenvalue weighted by Crippen LogP contribution is -2.34. The number of fused-ring (bicyclic) bond motifs is 1. The van der Waals surface area contributed by atoms with Gasteiger partial charge in [0.15, 0.2) is 0 Å². The third-order valence-electron chi connectivity index (χ3n) is 2.88. The number of pyridine rings is 1. The number of halogens is 1. The number of nitrogens with one attached hydrogen (secondary N) is 1. The van der Waals surface area contributed by atoms with Crippen molar-refractivity contribution in [2.24, 2.45) is 5.84 Å². The number of aliphatic hydroxyl groups excluding tert-OH is 1. The van der Waals surface area contributed by atoms with Gasteiger partial charge in [-0.3, -0.25) is 15.0 Å². The van der Waals surface area contributed by atoms with Crippen molar-refractivity contribution in [3.05, 3.63) is 45.2 Å². The summed E-state index contributed by atoms with van der Waals surface area (Å²) in [6.07, 6.45) is 1.36. The number of aliphatic hydroxyl groups is 1. The zero-order valence-electron chi connectivity index (χ0n) is 11.0. The van der Waals surface area contributed by atoms with Crippen LogP contribution in [0.15, 0.2) is 29.2 Å². The fourth-order valence-corrected chi connectivity index (χ4v) is 2.12. The lowest BCUT2D eigenvalue weighted by Gasteiger charge is -2.13. The van der Waals surface area contributed by atoms with Crippen LogP contribution in [0.1, 0.15) is 10.4 Å². The Bertz CT molecular complexity index is 729. The standard InChI is InChI=1S/C13H14ClN3O4/c14-8-1-2-11-9(5-8)12(19)10(13(20)16-15)6-17(11)7-21-4-3-18/h1-2,5-6,18H,3-4,7,15H2,(H,16,20). The lowest BCUT2D eigenvalue weighted by atomic mass is 10.1. The second-order valence-electron chi connectivity index (χ2n) is 4.24. The first-order valence-corrected chi connectivity index (χ1v) is 6.48. The first-order valence-electron chi connectivity index (χ1n) is 6.10. The third kappa shape index (κ3) is 3.22. The Morgan fingerprint density at radius 2 is 2.24 bits per heavy atom. The van der Waals surface area contributed by atoms with E-state index >= 15 is 0 Å². The van der Waals surface area contributed by atoms with E-state index in [1.807, 2.05) is 5.43 Å². The molecule has 1 aromatic carbocycles. The number of hydrogen-bond acceptors (Lipinski definition) is 5. The first kappa shape index (κ1) is 15.5. The smallest absolute Gasteiger partial charge is 0.270 e. The van der Waals surface area contributed by atoms with Gasteiger partial charge < -0.3 is 14.4 Å². The second kappa shape index (κ2) is 6.68. The molecule has 112 valence electrons. The average molecular weight is 312 g/mol. The predicted octanol–water partition coefficient (Wildman–Crippen LogP) is 0.225. The zero-order valence-corrected chi connectivity index (χ0v) is 11.8. The van der Waals surface area contributed by atoms with Crippen LogP contribution in [-0.4, -0.2) is 28.8 Å². The molecule has 0 spiro atoms. The van der Waals surface area contributed by atoms with Gasteiger partial charge in [-0.25, -0.2) is 5.84 Å². The van der Waals surface area contributed by atoms with Crippen molar-refractivity contribution in [1.82, 2.24) is 9.99 Å². The average Bonchev–Trinajstić information content (AvgIpc) is 2.49. The number of hydrazine groups is 1. The Morgan fingerprint density at radius 1 is 1.48 bits per heavy atom. The maximum Gasteiger partial charge on any atom is 0.270 e. The molecule has 1 aromatic heterocycles. The molecule has 8 heteroatoms. The molecule has 0 fully saturated rings. The van der Waals surface area contributed by atoms with Gasteiger partial charge in [0.1, 0.15) is 12.3 Å². The quantitative estimate of drug-likeness (QED) is 0.317. The van der Waals surface area contributed by atoms with Crippen molar-refractivity contribution >= 4 is 28.4 Å². The molecule has 0 aliphatic heterocycles. The second-order valence-corrected chi connectivity index (χ2v) is 4.67. The van der Waals surface area contributed by atoms with Gasteiger partial charge in [-0.05, 0) is 18.2 Å². The van der Waals surface area contributed by atoms with Crippen molar-refractivity contribution in [1.29, 1.82) is 0 Å². The molecule has 0 saturated carbocycles. The SMILES string of the molecule is NNC(=O)c1cn(COCCO)c2ccc(Cl)cc2c1=O. The Balaban J connectivity index is 2.62. The minimum Gasteiger partial charge on any atom is -0.394 e. The number of nitrogens with zero attached hydrogens (tertiary/aromatic N) is 1. The monoisotopic (exact) mass is 311 g/mol. The van der Waals surface area contributed by atoms with Gasteiger partial charge in [-0.1, -0.05) is 11.6 Å². The summed E-state index contributed by atoms with van der Waals surface area (Å²) in [4.78, 5) is 24.0. The molecule has 0 aliphatic rings. The highest BCUT2D eigenvalue weighted by Crippen LogP contribution is 2.17. The fraction of sp³-hybridized carbons (Fsp3) is 0.231. The summed E-state index contributed by atoms with van der Waals surface area (Å²) < 4.78 is 6.81. The Kier molecular flexibility index (Phi) is 4.92. The van der Waals surface area contributed by atoms with Crippen LogP contribution in [0.4, 0.5) is 0 Å². The van der Waals surface area contributed by atoms with Crippen LogP contribution in [0, 0.1) is 0 Å². The van der Waals surface area contributed by atoms with Crippen LogP contribution < -0.4 is 16.7 Å². The molecule has 0 radical (unpaired) electrons. The molecule has 0 bridgehead atoms.